The Kier molecular flexibility index (Phi) is 9.20. The number of carboxylic acids is 2. The Morgan fingerprint density at radius 2 is 0.571 bits per heavy atom. The van der Waals surface area contributed by atoms with Crippen LogP contribution in [0.15, 0.2) is 182 Å². The van der Waals surface area contributed by atoms with Crippen LogP contribution in [-0.4, -0.2) is 28.1 Å². The van der Waals surface area contributed by atoms with Gasteiger partial charge >= 0.3 is 17.9 Å². The van der Waals surface area contributed by atoms with Crippen LogP contribution in [-0.2, 0) is 40.7 Å². The van der Waals surface area contributed by atoms with Gasteiger partial charge in [-0.2, -0.15) is 0 Å². The molecule has 6 aromatic rings. The molecule has 2 N–H and O–H groups in total. The number of esters is 1. The van der Waals surface area contributed by atoms with Crippen molar-refractivity contribution in [2.75, 3.05) is 0 Å². The van der Waals surface area contributed by atoms with E-state index in [0.29, 0.717) is 0 Å². The average molecular weight is 649 g/mol. The van der Waals surface area contributed by atoms with Gasteiger partial charge in [0, 0.05) is 11.1 Å². The van der Waals surface area contributed by atoms with Crippen molar-refractivity contribution in [3.8, 4) is 0 Å². The number of carboxylic acid groups (broad SMARTS) is 2. The highest BCUT2D eigenvalue weighted by molar-refractivity contribution is 5.93. The van der Waals surface area contributed by atoms with Gasteiger partial charge in [0.05, 0.1) is 0 Å². The van der Waals surface area contributed by atoms with E-state index in [9.17, 15) is 19.8 Å². The van der Waals surface area contributed by atoms with Gasteiger partial charge in [0.25, 0.3) is 5.60 Å². The van der Waals surface area contributed by atoms with Crippen LogP contribution < -0.4 is 0 Å². The highest BCUT2D eigenvalue weighted by atomic mass is 16.6. The summed E-state index contributed by atoms with van der Waals surface area (Å²) in [5.74, 6) is -3.99. The van der Waals surface area contributed by atoms with Gasteiger partial charge in [0.15, 0.2) is 0 Å². The molecule has 6 aromatic carbocycles. The van der Waals surface area contributed by atoms with E-state index >= 15 is 4.79 Å². The first-order valence-corrected chi connectivity index (χ1v) is 15.6. The molecule has 7 heteroatoms. The summed E-state index contributed by atoms with van der Waals surface area (Å²) in [6.45, 7) is 0. The fourth-order valence-electron chi connectivity index (χ4n) is 6.19. The maximum absolute atomic E-state index is 15.5. The molecule has 0 radical (unpaired) electrons. The van der Waals surface area contributed by atoms with Crippen molar-refractivity contribution in [2.45, 2.75) is 16.8 Å². The van der Waals surface area contributed by atoms with Crippen molar-refractivity contribution in [1.29, 1.82) is 0 Å². The number of carbonyl (C=O) groups is 3. The Balaban J connectivity index is 1.70. The van der Waals surface area contributed by atoms with Crippen LogP contribution >= 0.6 is 0 Å². The zero-order valence-electron chi connectivity index (χ0n) is 26.3. The second kappa shape index (κ2) is 13.8. The van der Waals surface area contributed by atoms with Crippen LogP contribution in [0.5, 0.6) is 0 Å². The minimum Gasteiger partial charge on any atom is -0.479 e. The molecule has 0 unspecified atom stereocenters. The molecule has 0 spiro atoms. The van der Waals surface area contributed by atoms with Gasteiger partial charge in [-0.05, 0) is 22.3 Å². The SMILES string of the molecule is O=C(O)C(OC(=O)C(OC(C(=O)O)(c1ccccc1)c1ccccc1)(c1ccccc1)c1ccccc1)(c1ccccc1)c1ccccc1. The number of carbonyl (C=O) groups excluding carboxylic acids is 1. The van der Waals surface area contributed by atoms with E-state index in [1.165, 1.54) is 0 Å². The zero-order valence-corrected chi connectivity index (χ0v) is 26.3. The summed E-state index contributed by atoms with van der Waals surface area (Å²) >= 11 is 0. The van der Waals surface area contributed by atoms with E-state index in [4.69, 9.17) is 9.47 Å². The van der Waals surface area contributed by atoms with Gasteiger partial charge in [-0.25, -0.2) is 14.4 Å². The number of ether oxygens (including phenoxy) is 2. The Morgan fingerprint density at radius 3 is 0.816 bits per heavy atom. The summed E-state index contributed by atoms with van der Waals surface area (Å²) < 4.78 is 13.4. The predicted octanol–water partition coefficient (Wildman–Crippen LogP) is 7.55. The molecule has 0 heterocycles. The predicted molar refractivity (Wildman–Crippen MR) is 183 cm³/mol. The second-order valence-corrected chi connectivity index (χ2v) is 11.3. The highest BCUT2D eigenvalue weighted by Crippen LogP contribution is 2.47. The van der Waals surface area contributed by atoms with Gasteiger partial charge in [-0.3, -0.25) is 0 Å². The average Bonchev–Trinajstić information content (AvgIpc) is 3.16. The maximum atomic E-state index is 15.5. The third kappa shape index (κ3) is 5.77. The summed E-state index contributed by atoms with van der Waals surface area (Å²) in [4.78, 5) is 42.9. The van der Waals surface area contributed by atoms with Crippen molar-refractivity contribution < 1.29 is 34.1 Å². The molecule has 0 atom stereocenters. The minimum atomic E-state index is -2.36. The quantitative estimate of drug-likeness (QED) is 0.132. The summed E-state index contributed by atoms with van der Waals surface area (Å²) in [7, 11) is 0. The number of hydrogen-bond acceptors (Lipinski definition) is 5. The molecular formula is C42H32O7. The molecule has 0 fully saturated rings. The molecule has 0 aliphatic carbocycles. The molecule has 6 rings (SSSR count). The monoisotopic (exact) mass is 648 g/mol. The molecule has 242 valence electrons. The lowest BCUT2D eigenvalue weighted by atomic mass is 9.80. The van der Waals surface area contributed by atoms with Gasteiger partial charge in [0.1, 0.15) is 0 Å². The third-order valence-electron chi connectivity index (χ3n) is 8.52. The van der Waals surface area contributed by atoms with Crippen molar-refractivity contribution in [3.63, 3.8) is 0 Å². The largest absolute Gasteiger partial charge is 0.479 e. The summed E-state index contributed by atoms with van der Waals surface area (Å²) in [6.07, 6.45) is 0. The van der Waals surface area contributed by atoms with Gasteiger partial charge < -0.3 is 19.7 Å². The first kappa shape index (κ1) is 32.6. The first-order chi connectivity index (χ1) is 23.9. The van der Waals surface area contributed by atoms with E-state index < -0.39 is 34.7 Å². The van der Waals surface area contributed by atoms with Crippen molar-refractivity contribution in [3.05, 3.63) is 215 Å². The summed E-state index contributed by atoms with van der Waals surface area (Å²) in [6, 6.07) is 49.8. The topological polar surface area (TPSA) is 110 Å². The van der Waals surface area contributed by atoms with E-state index in [1.54, 1.807) is 182 Å². The third-order valence-corrected chi connectivity index (χ3v) is 8.52. The van der Waals surface area contributed by atoms with Gasteiger partial charge in [-0.1, -0.05) is 182 Å². The molecule has 0 bridgehead atoms. The molecule has 0 aliphatic heterocycles. The van der Waals surface area contributed by atoms with Crippen molar-refractivity contribution in [1.82, 2.24) is 0 Å². The van der Waals surface area contributed by atoms with Crippen LogP contribution in [0.1, 0.15) is 33.4 Å². The zero-order chi connectivity index (χ0) is 34.3. The van der Waals surface area contributed by atoms with Crippen LogP contribution in [0.25, 0.3) is 0 Å². The smallest absolute Gasteiger partial charge is 0.357 e. The van der Waals surface area contributed by atoms with E-state index in [1.807, 2.05) is 0 Å². The standard InChI is InChI=1S/C42H32O7/c43-37(44)40(31-19-7-1-8-20-31,32-21-9-2-10-22-32)48-39(47)42(35-27-15-5-16-28-35,36-29-17-6-18-30-36)49-41(38(45)46,33-23-11-3-12-24-33)34-25-13-4-14-26-34/h1-30H,(H,43,44)(H,45,46). The molecule has 0 saturated heterocycles. The molecule has 0 aliphatic rings. The van der Waals surface area contributed by atoms with Crippen LogP contribution in [0.3, 0.4) is 0 Å². The fraction of sp³-hybridized carbons (Fsp3) is 0.0714. The minimum absolute atomic E-state index is 0.174. The second-order valence-electron chi connectivity index (χ2n) is 11.3. The van der Waals surface area contributed by atoms with Gasteiger partial charge in [-0.15, -0.1) is 0 Å². The van der Waals surface area contributed by atoms with Crippen LogP contribution in [0, 0.1) is 0 Å². The van der Waals surface area contributed by atoms with Crippen LogP contribution in [0.2, 0.25) is 0 Å². The first-order valence-electron chi connectivity index (χ1n) is 15.6. The highest BCUT2D eigenvalue weighted by Gasteiger charge is 2.59. The number of hydrogen-bond donors (Lipinski definition) is 2. The maximum Gasteiger partial charge on any atom is 0.357 e. The molecule has 0 amide bonds. The summed E-state index contributed by atoms with van der Waals surface area (Å²) in [5, 5.41) is 22.3. The Hall–Kier alpha value is -6.31. The van der Waals surface area contributed by atoms with E-state index in [2.05, 4.69) is 0 Å². The molecular weight excluding hydrogens is 616 g/mol. The summed E-state index contributed by atoms with van der Waals surface area (Å²) in [5.41, 5.74) is -5.73. The lowest BCUT2D eigenvalue weighted by Crippen LogP contribution is -2.54. The number of rotatable bonds is 12. The van der Waals surface area contributed by atoms with E-state index in [-0.39, 0.29) is 33.4 Å². The Bertz CT molecular complexity index is 1900. The Labute approximate surface area is 283 Å². The molecule has 0 aromatic heterocycles. The molecule has 0 saturated carbocycles. The normalized spacial score (nSPS) is 11.8. The number of aliphatic carboxylic acids is 2. The lowest BCUT2D eigenvalue weighted by Gasteiger charge is -2.43. The van der Waals surface area contributed by atoms with Crippen molar-refractivity contribution >= 4 is 17.9 Å². The number of benzene rings is 6. The van der Waals surface area contributed by atoms with Gasteiger partial charge in [0.2, 0.25) is 11.2 Å². The molecule has 49 heavy (non-hydrogen) atoms. The van der Waals surface area contributed by atoms with Crippen molar-refractivity contribution in [2.24, 2.45) is 0 Å². The Morgan fingerprint density at radius 1 is 0.347 bits per heavy atom. The fourth-order valence-corrected chi connectivity index (χ4v) is 6.19. The van der Waals surface area contributed by atoms with E-state index in [0.717, 1.165) is 0 Å². The lowest BCUT2D eigenvalue weighted by molar-refractivity contribution is -0.209. The molecule has 7 nitrogen and oxygen atoms in total. The van der Waals surface area contributed by atoms with Crippen LogP contribution in [0.4, 0.5) is 0 Å².